The molecule has 4 nitrogen and oxygen atoms in total. The van der Waals surface area contributed by atoms with Gasteiger partial charge in [0.15, 0.2) is 5.82 Å². The molecule has 2 atom stereocenters. The number of rotatable bonds is 3. The fourth-order valence-electron chi connectivity index (χ4n) is 1.59. The van der Waals surface area contributed by atoms with E-state index >= 15 is 0 Å². The molecule has 0 bridgehead atoms. The Hall–Kier alpha value is -0.550. The standard InChI is InChI=1S/C9H15N3OS/c1-2-7-11-9(12-13-7)8(10)6-3-4-14-5-6/h6,8H,2-5,10H2,1H3. The number of nitrogens with two attached hydrogens (primary N) is 1. The van der Waals surface area contributed by atoms with Gasteiger partial charge in [0, 0.05) is 6.42 Å². The molecule has 1 aromatic rings. The second-order valence-electron chi connectivity index (χ2n) is 3.55. The summed E-state index contributed by atoms with van der Waals surface area (Å²) in [7, 11) is 0. The maximum absolute atomic E-state index is 6.07. The van der Waals surface area contributed by atoms with Gasteiger partial charge in [-0.15, -0.1) is 0 Å². The van der Waals surface area contributed by atoms with Crippen molar-refractivity contribution in [3.05, 3.63) is 11.7 Å². The summed E-state index contributed by atoms with van der Waals surface area (Å²) in [5, 5.41) is 3.91. The van der Waals surface area contributed by atoms with Gasteiger partial charge in [-0.05, 0) is 23.8 Å². The highest BCUT2D eigenvalue weighted by atomic mass is 32.2. The van der Waals surface area contributed by atoms with Gasteiger partial charge in [-0.3, -0.25) is 0 Å². The molecule has 0 radical (unpaired) electrons. The Morgan fingerprint density at radius 1 is 1.71 bits per heavy atom. The maximum Gasteiger partial charge on any atom is 0.226 e. The van der Waals surface area contributed by atoms with Crippen molar-refractivity contribution in [1.29, 1.82) is 0 Å². The van der Waals surface area contributed by atoms with Gasteiger partial charge in [-0.1, -0.05) is 12.1 Å². The number of hydrogen-bond acceptors (Lipinski definition) is 5. The van der Waals surface area contributed by atoms with Crippen LogP contribution in [-0.2, 0) is 6.42 Å². The lowest BCUT2D eigenvalue weighted by Gasteiger charge is -2.13. The summed E-state index contributed by atoms with van der Waals surface area (Å²) in [5.74, 6) is 4.20. The summed E-state index contributed by atoms with van der Waals surface area (Å²) in [6.45, 7) is 1.99. The van der Waals surface area contributed by atoms with Crippen LogP contribution in [0.5, 0.6) is 0 Å². The first-order valence-electron chi connectivity index (χ1n) is 4.97. The Morgan fingerprint density at radius 2 is 2.57 bits per heavy atom. The first kappa shape index (κ1) is 9.98. The van der Waals surface area contributed by atoms with Crippen molar-refractivity contribution < 1.29 is 4.52 Å². The van der Waals surface area contributed by atoms with E-state index < -0.39 is 0 Å². The Bertz CT molecular complexity index is 296. The van der Waals surface area contributed by atoms with Gasteiger partial charge in [-0.25, -0.2) is 0 Å². The zero-order valence-electron chi connectivity index (χ0n) is 8.27. The predicted octanol–water partition coefficient (Wildman–Crippen LogP) is 1.38. The SMILES string of the molecule is CCc1nc(C(N)C2CCSC2)no1. The van der Waals surface area contributed by atoms with Gasteiger partial charge >= 0.3 is 0 Å². The molecule has 1 aliphatic heterocycles. The highest BCUT2D eigenvalue weighted by Gasteiger charge is 2.26. The molecule has 2 N–H and O–H groups in total. The van der Waals surface area contributed by atoms with Crippen LogP contribution in [0.1, 0.15) is 31.1 Å². The van der Waals surface area contributed by atoms with E-state index in [0.717, 1.165) is 12.2 Å². The molecule has 1 saturated heterocycles. The van der Waals surface area contributed by atoms with E-state index in [2.05, 4.69) is 10.1 Å². The number of aryl methyl sites for hydroxylation is 1. The van der Waals surface area contributed by atoms with Crippen LogP contribution in [0.15, 0.2) is 4.52 Å². The Morgan fingerprint density at radius 3 is 3.14 bits per heavy atom. The normalized spacial score (nSPS) is 24.0. The zero-order valence-corrected chi connectivity index (χ0v) is 9.09. The molecule has 14 heavy (non-hydrogen) atoms. The van der Waals surface area contributed by atoms with Crippen molar-refractivity contribution in [2.45, 2.75) is 25.8 Å². The van der Waals surface area contributed by atoms with E-state index in [9.17, 15) is 0 Å². The highest BCUT2D eigenvalue weighted by molar-refractivity contribution is 7.99. The van der Waals surface area contributed by atoms with Crippen molar-refractivity contribution in [2.75, 3.05) is 11.5 Å². The minimum absolute atomic E-state index is 0.0472. The lowest BCUT2D eigenvalue weighted by molar-refractivity contribution is 0.363. The fourth-order valence-corrected chi connectivity index (χ4v) is 2.91. The molecule has 0 saturated carbocycles. The summed E-state index contributed by atoms with van der Waals surface area (Å²) >= 11 is 1.95. The van der Waals surface area contributed by atoms with Crippen LogP contribution in [0.4, 0.5) is 0 Å². The number of aromatic nitrogens is 2. The molecule has 1 aliphatic rings. The summed E-state index contributed by atoms with van der Waals surface area (Å²) in [4.78, 5) is 4.26. The lowest BCUT2D eigenvalue weighted by Crippen LogP contribution is -2.22. The van der Waals surface area contributed by atoms with Crippen LogP contribution in [0.3, 0.4) is 0 Å². The largest absolute Gasteiger partial charge is 0.339 e. The van der Waals surface area contributed by atoms with Gasteiger partial charge in [-0.2, -0.15) is 16.7 Å². The van der Waals surface area contributed by atoms with Crippen molar-refractivity contribution >= 4 is 11.8 Å². The molecule has 1 aromatic heterocycles. The predicted molar refractivity (Wildman–Crippen MR) is 56.0 cm³/mol. The van der Waals surface area contributed by atoms with Crippen molar-refractivity contribution in [3.8, 4) is 0 Å². The average Bonchev–Trinajstić information content (AvgIpc) is 2.88. The van der Waals surface area contributed by atoms with E-state index in [1.807, 2.05) is 18.7 Å². The molecule has 0 aromatic carbocycles. The number of thioether (sulfide) groups is 1. The van der Waals surface area contributed by atoms with Crippen LogP contribution >= 0.6 is 11.8 Å². The van der Waals surface area contributed by atoms with Gasteiger partial charge in [0.05, 0.1) is 6.04 Å². The molecule has 1 fully saturated rings. The van der Waals surface area contributed by atoms with Gasteiger partial charge in [0.1, 0.15) is 0 Å². The molecule has 2 rings (SSSR count). The lowest BCUT2D eigenvalue weighted by atomic mass is 10.00. The van der Waals surface area contributed by atoms with Crippen LogP contribution in [0, 0.1) is 5.92 Å². The Balaban J connectivity index is 2.05. The summed E-state index contributed by atoms with van der Waals surface area (Å²) < 4.78 is 5.05. The monoisotopic (exact) mass is 213 g/mol. The van der Waals surface area contributed by atoms with Crippen LogP contribution < -0.4 is 5.73 Å². The quantitative estimate of drug-likeness (QED) is 0.821. The molecule has 2 heterocycles. The molecule has 78 valence electrons. The molecule has 0 amide bonds. The minimum atomic E-state index is -0.0472. The Kier molecular flexibility index (Phi) is 3.08. The second-order valence-corrected chi connectivity index (χ2v) is 4.70. The third-order valence-electron chi connectivity index (χ3n) is 2.56. The van der Waals surface area contributed by atoms with E-state index in [0.29, 0.717) is 17.6 Å². The van der Waals surface area contributed by atoms with Gasteiger partial charge in [0.2, 0.25) is 5.89 Å². The Labute approximate surface area is 87.6 Å². The van der Waals surface area contributed by atoms with E-state index in [1.165, 1.54) is 12.2 Å². The third kappa shape index (κ3) is 1.93. The zero-order chi connectivity index (χ0) is 9.97. The molecule has 2 unspecified atom stereocenters. The summed E-state index contributed by atoms with van der Waals surface area (Å²) in [5.41, 5.74) is 6.07. The van der Waals surface area contributed by atoms with E-state index in [-0.39, 0.29) is 6.04 Å². The van der Waals surface area contributed by atoms with Crippen LogP contribution in [-0.4, -0.2) is 21.6 Å². The van der Waals surface area contributed by atoms with Crippen LogP contribution in [0.25, 0.3) is 0 Å². The van der Waals surface area contributed by atoms with Crippen molar-refractivity contribution in [1.82, 2.24) is 10.1 Å². The van der Waals surface area contributed by atoms with Gasteiger partial charge < -0.3 is 10.3 Å². The van der Waals surface area contributed by atoms with Crippen LogP contribution in [0.2, 0.25) is 0 Å². The molecule has 5 heteroatoms. The fraction of sp³-hybridized carbons (Fsp3) is 0.778. The second kappa shape index (κ2) is 4.31. The first-order chi connectivity index (χ1) is 6.81. The molecule has 0 aliphatic carbocycles. The average molecular weight is 213 g/mol. The van der Waals surface area contributed by atoms with E-state index in [1.54, 1.807) is 0 Å². The smallest absolute Gasteiger partial charge is 0.226 e. The summed E-state index contributed by atoms with van der Waals surface area (Å²) in [6, 6.07) is -0.0472. The summed E-state index contributed by atoms with van der Waals surface area (Å²) in [6.07, 6.45) is 1.95. The van der Waals surface area contributed by atoms with Crippen molar-refractivity contribution in [2.24, 2.45) is 11.7 Å². The molecule has 0 spiro atoms. The van der Waals surface area contributed by atoms with Crippen molar-refractivity contribution in [3.63, 3.8) is 0 Å². The minimum Gasteiger partial charge on any atom is -0.339 e. The third-order valence-corrected chi connectivity index (χ3v) is 3.75. The maximum atomic E-state index is 6.07. The number of nitrogens with zero attached hydrogens (tertiary/aromatic N) is 2. The highest BCUT2D eigenvalue weighted by Crippen LogP contribution is 2.31. The molecular formula is C9H15N3OS. The number of hydrogen-bond donors (Lipinski definition) is 1. The first-order valence-corrected chi connectivity index (χ1v) is 6.12. The topological polar surface area (TPSA) is 64.9 Å². The van der Waals surface area contributed by atoms with E-state index in [4.69, 9.17) is 10.3 Å². The van der Waals surface area contributed by atoms with Gasteiger partial charge in [0.25, 0.3) is 0 Å². The molecular weight excluding hydrogens is 198 g/mol.